The Bertz CT molecular complexity index is 529. The molecule has 3 nitrogen and oxygen atoms in total. The Hall–Kier alpha value is -1.32. The third-order valence-corrected chi connectivity index (χ3v) is 3.61. The quantitative estimate of drug-likeness (QED) is 0.868. The summed E-state index contributed by atoms with van der Waals surface area (Å²) in [6.07, 6.45) is 5.57. The number of piperidine rings is 1. The van der Waals surface area contributed by atoms with Crippen LogP contribution in [0.5, 0.6) is 0 Å². The van der Waals surface area contributed by atoms with Gasteiger partial charge in [0.1, 0.15) is 5.82 Å². The molecule has 1 fully saturated rings. The zero-order chi connectivity index (χ0) is 12.4. The summed E-state index contributed by atoms with van der Waals surface area (Å²) < 4.78 is 0. The molecule has 94 valence electrons. The minimum Gasteiger partial charge on any atom is -0.341 e. The Morgan fingerprint density at radius 1 is 1.28 bits per heavy atom. The lowest BCUT2D eigenvalue weighted by atomic mass is 10.0. The maximum atomic E-state index is 6.00. The van der Waals surface area contributed by atoms with E-state index in [1.165, 1.54) is 12.8 Å². The van der Waals surface area contributed by atoms with E-state index in [1.807, 2.05) is 30.5 Å². The van der Waals surface area contributed by atoms with Gasteiger partial charge in [-0.2, -0.15) is 0 Å². The average molecular weight is 262 g/mol. The molecule has 1 aliphatic heterocycles. The molecule has 0 bridgehead atoms. The molecule has 0 radical (unpaired) electrons. The van der Waals surface area contributed by atoms with E-state index >= 15 is 0 Å². The van der Waals surface area contributed by atoms with Crippen molar-refractivity contribution in [2.75, 3.05) is 6.54 Å². The monoisotopic (exact) mass is 261 g/mol. The number of nitrogens with zero attached hydrogens (tertiary/aromatic N) is 1. The van der Waals surface area contributed by atoms with Gasteiger partial charge in [-0.25, -0.2) is 4.98 Å². The second-order valence-corrected chi connectivity index (χ2v) is 5.13. The molecular weight excluding hydrogens is 246 g/mol. The van der Waals surface area contributed by atoms with E-state index in [-0.39, 0.29) is 0 Å². The van der Waals surface area contributed by atoms with Crippen LogP contribution in [0.25, 0.3) is 11.3 Å². The molecule has 2 aromatic rings. The van der Waals surface area contributed by atoms with Gasteiger partial charge in [0.25, 0.3) is 0 Å². The molecule has 1 aliphatic rings. The van der Waals surface area contributed by atoms with Crippen molar-refractivity contribution >= 4 is 11.6 Å². The zero-order valence-corrected chi connectivity index (χ0v) is 10.9. The van der Waals surface area contributed by atoms with Gasteiger partial charge in [-0.05, 0) is 31.5 Å². The van der Waals surface area contributed by atoms with Crippen molar-refractivity contribution in [3.8, 4) is 11.3 Å². The number of hydrogen-bond donors (Lipinski definition) is 2. The van der Waals surface area contributed by atoms with Gasteiger partial charge in [-0.15, -0.1) is 0 Å². The van der Waals surface area contributed by atoms with Crippen LogP contribution in [0, 0.1) is 0 Å². The zero-order valence-electron chi connectivity index (χ0n) is 10.1. The van der Waals surface area contributed by atoms with Gasteiger partial charge in [0, 0.05) is 10.6 Å². The number of aromatic nitrogens is 2. The maximum Gasteiger partial charge on any atom is 0.123 e. The normalized spacial score (nSPS) is 19.9. The minimum absolute atomic E-state index is 0.367. The molecule has 4 heteroatoms. The molecule has 0 aliphatic carbocycles. The number of rotatable bonds is 2. The average Bonchev–Trinajstić information content (AvgIpc) is 2.89. The van der Waals surface area contributed by atoms with Crippen molar-refractivity contribution < 1.29 is 0 Å². The predicted octanol–water partition coefficient (Wildman–Crippen LogP) is 3.54. The molecule has 1 atom stereocenters. The summed E-state index contributed by atoms with van der Waals surface area (Å²) in [5.41, 5.74) is 2.11. The first-order valence-electron chi connectivity index (χ1n) is 6.37. The predicted molar refractivity (Wildman–Crippen MR) is 73.6 cm³/mol. The van der Waals surface area contributed by atoms with Crippen LogP contribution < -0.4 is 5.32 Å². The summed E-state index contributed by atoms with van der Waals surface area (Å²) in [5, 5.41) is 4.24. The summed E-state index contributed by atoms with van der Waals surface area (Å²) in [4.78, 5) is 7.88. The molecule has 1 aromatic heterocycles. The van der Waals surface area contributed by atoms with Crippen LogP contribution in [0.3, 0.4) is 0 Å². The lowest BCUT2D eigenvalue weighted by molar-refractivity contribution is 0.399. The molecule has 1 saturated heterocycles. The first-order chi connectivity index (χ1) is 8.83. The van der Waals surface area contributed by atoms with Crippen LogP contribution in [0.2, 0.25) is 5.02 Å². The summed E-state index contributed by atoms with van der Waals surface area (Å²) in [6, 6.07) is 8.19. The third-order valence-electron chi connectivity index (χ3n) is 3.37. The Labute approximate surface area is 112 Å². The highest BCUT2D eigenvalue weighted by atomic mass is 35.5. The largest absolute Gasteiger partial charge is 0.341 e. The van der Waals surface area contributed by atoms with Crippen molar-refractivity contribution in [1.29, 1.82) is 0 Å². The second kappa shape index (κ2) is 5.12. The fourth-order valence-electron chi connectivity index (χ4n) is 2.40. The first-order valence-corrected chi connectivity index (χ1v) is 6.75. The highest BCUT2D eigenvalue weighted by molar-refractivity contribution is 6.30. The van der Waals surface area contributed by atoms with Crippen molar-refractivity contribution in [3.05, 3.63) is 41.3 Å². The van der Waals surface area contributed by atoms with Gasteiger partial charge < -0.3 is 10.3 Å². The van der Waals surface area contributed by atoms with Gasteiger partial charge in [0.15, 0.2) is 0 Å². The van der Waals surface area contributed by atoms with Crippen molar-refractivity contribution in [3.63, 3.8) is 0 Å². The molecule has 0 saturated carbocycles. The van der Waals surface area contributed by atoms with Gasteiger partial charge >= 0.3 is 0 Å². The second-order valence-electron chi connectivity index (χ2n) is 4.69. The summed E-state index contributed by atoms with van der Waals surface area (Å²) >= 11 is 6.00. The van der Waals surface area contributed by atoms with Crippen LogP contribution in [0.15, 0.2) is 30.5 Å². The van der Waals surface area contributed by atoms with Gasteiger partial charge in [0.05, 0.1) is 17.9 Å². The Morgan fingerprint density at radius 2 is 2.22 bits per heavy atom. The van der Waals surface area contributed by atoms with Gasteiger partial charge in [0.2, 0.25) is 0 Å². The molecule has 18 heavy (non-hydrogen) atoms. The van der Waals surface area contributed by atoms with E-state index in [0.717, 1.165) is 35.1 Å². The summed E-state index contributed by atoms with van der Waals surface area (Å²) in [7, 11) is 0. The Morgan fingerprint density at radius 3 is 3.00 bits per heavy atom. The molecule has 0 amide bonds. The lowest BCUT2D eigenvalue weighted by Crippen LogP contribution is -2.27. The smallest absolute Gasteiger partial charge is 0.123 e. The van der Waals surface area contributed by atoms with E-state index < -0.39 is 0 Å². The Balaban J connectivity index is 1.84. The number of benzene rings is 1. The minimum atomic E-state index is 0.367. The van der Waals surface area contributed by atoms with E-state index in [2.05, 4.69) is 15.3 Å². The van der Waals surface area contributed by atoms with E-state index in [1.54, 1.807) is 0 Å². The van der Waals surface area contributed by atoms with Crippen LogP contribution in [-0.2, 0) is 0 Å². The highest BCUT2D eigenvalue weighted by Crippen LogP contribution is 2.25. The Kier molecular flexibility index (Phi) is 3.35. The third kappa shape index (κ3) is 2.42. The number of hydrogen-bond acceptors (Lipinski definition) is 2. The molecule has 3 rings (SSSR count). The lowest BCUT2D eigenvalue weighted by Gasteiger charge is -2.21. The molecular formula is C14H16ClN3. The standard InChI is InChI=1S/C14H16ClN3/c15-11-5-3-4-10(8-11)13-9-17-14(18-13)12-6-1-2-7-16-12/h3-5,8-9,12,16H,1-2,6-7H2,(H,17,18). The summed E-state index contributed by atoms with van der Waals surface area (Å²) in [5.74, 6) is 1.03. The summed E-state index contributed by atoms with van der Waals surface area (Å²) in [6.45, 7) is 1.08. The number of aromatic amines is 1. The van der Waals surface area contributed by atoms with Gasteiger partial charge in [-0.1, -0.05) is 30.2 Å². The van der Waals surface area contributed by atoms with E-state index in [4.69, 9.17) is 11.6 Å². The van der Waals surface area contributed by atoms with Crippen molar-refractivity contribution in [2.24, 2.45) is 0 Å². The van der Waals surface area contributed by atoms with Crippen LogP contribution >= 0.6 is 11.6 Å². The fraction of sp³-hybridized carbons (Fsp3) is 0.357. The van der Waals surface area contributed by atoms with Crippen LogP contribution in [-0.4, -0.2) is 16.5 Å². The van der Waals surface area contributed by atoms with Crippen molar-refractivity contribution in [2.45, 2.75) is 25.3 Å². The number of imidazole rings is 1. The van der Waals surface area contributed by atoms with E-state index in [0.29, 0.717) is 6.04 Å². The van der Waals surface area contributed by atoms with Crippen LogP contribution in [0.1, 0.15) is 31.1 Å². The molecule has 2 heterocycles. The SMILES string of the molecule is Clc1cccc(-c2cnc(C3CCCCN3)[nH]2)c1. The first kappa shape index (κ1) is 11.8. The van der Waals surface area contributed by atoms with Gasteiger partial charge in [-0.3, -0.25) is 0 Å². The number of nitrogens with one attached hydrogen (secondary N) is 2. The molecule has 2 N–H and O–H groups in total. The van der Waals surface area contributed by atoms with E-state index in [9.17, 15) is 0 Å². The molecule has 1 unspecified atom stereocenters. The molecule has 1 aromatic carbocycles. The maximum absolute atomic E-state index is 6.00. The number of halogens is 1. The van der Waals surface area contributed by atoms with Crippen LogP contribution in [0.4, 0.5) is 0 Å². The fourth-order valence-corrected chi connectivity index (χ4v) is 2.59. The molecule has 0 spiro atoms. The highest BCUT2D eigenvalue weighted by Gasteiger charge is 2.17. The van der Waals surface area contributed by atoms with Crippen molar-refractivity contribution in [1.82, 2.24) is 15.3 Å². The number of H-pyrrole nitrogens is 1. The topological polar surface area (TPSA) is 40.7 Å².